The van der Waals surface area contributed by atoms with Crippen molar-refractivity contribution in [3.63, 3.8) is 0 Å². The van der Waals surface area contributed by atoms with Crippen molar-refractivity contribution in [3.8, 4) is 22.9 Å². The monoisotopic (exact) mass is 419 g/mol. The van der Waals surface area contributed by atoms with Gasteiger partial charge < -0.3 is 4.74 Å². The number of halogens is 1. The van der Waals surface area contributed by atoms with Gasteiger partial charge in [-0.2, -0.15) is 5.26 Å². The summed E-state index contributed by atoms with van der Waals surface area (Å²) in [6.07, 6.45) is 0.220. The molecule has 1 unspecified atom stereocenters. The molecule has 3 rings (SSSR count). The van der Waals surface area contributed by atoms with Gasteiger partial charge in [-0.25, -0.2) is 5.84 Å². The van der Waals surface area contributed by atoms with Crippen molar-refractivity contribution < 1.29 is 9.53 Å². The maximum absolute atomic E-state index is 11.6. The summed E-state index contributed by atoms with van der Waals surface area (Å²) < 4.78 is 5.95. The van der Waals surface area contributed by atoms with E-state index in [1.165, 1.54) is 5.56 Å². The van der Waals surface area contributed by atoms with Crippen LogP contribution in [0.3, 0.4) is 0 Å². The Morgan fingerprint density at radius 1 is 1.17 bits per heavy atom. The van der Waals surface area contributed by atoms with Gasteiger partial charge in [0.2, 0.25) is 0 Å². The van der Waals surface area contributed by atoms with Crippen molar-refractivity contribution in [1.82, 2.24) is 5.43 Å². The van der Waals surface area contributed by atoms with E-state index in [1.807, 2.05) is 41.8 Å². The van der Waals surface area contributed by atoms with Gasteiger partial charge in [0.1, 0.15) is 18.3 Å². The first-order valence-electron chi connectivity index (χ1n) is 9.48. The van der Waals surface area contributed by atoms with Gasteiger partial charge in [-0.3, -0.25) is 10.2 Å². The molecule has 30 heavy (non-hydrogen) atoms. The molecule has 0 aromatic heterocycles. The van der Waals surface area contributed by atoms with Crippen LogP contribution in [0.1, 0.15) is 16.7 Å². The molecule has 0 aliphatic carbocycles. The third-order valence-electron chi connectivity index (χ3n) is 4.96. The summed E-state index contributed by atoms with van der Waals surface area (Å²) >= 11 is 6.37. The van der Waals surface area contributed by atoms with E-state index in [9.17, 15) is 4.79 Å². The van der Waals surface area contributed by atoms with Gasteiger partial charge in [0.25, 0.3) is 5.91 Å². The Bertz CT molecular complexity index is 1080. The Hall–Kier alpha value is -3.33. The van der Waals surface area contributed by atoms with Gasteiger partial charge in [0, 0.05) is 0 Å². The number of carbonyl (C=O) groups is 1. The van der Waals surface area contributed by atoms with Crippen LogP contribution in [0, 0.1) is 24.2 Å². The van der Waals surface area contributed by atoms with Crippen LogP contribution < -0.4 is 16.0 Å². The summed E-state index contributed by atoms with van der Waals surface area (Å²) in [6, 6.07) is 23.6. The Morgan fingerprint density at radius 3 is 2.60 bits per heavy atom. The largest absolute Gasteiger partial charge is 0.487 e. The lowest BCUT2D eigenvalue weighted by Gasteiger charge is -2.14. The maximum atomic E-state index is 11.6. The molecule has 0 spiro atoms. The van der Waals surface area contributed by atoms with Gasteiger partial charge >= 0.3 is 0 Å². The van der Waals surface area contributed by atoms with E-state index in [1.54, 1.807) is 18.2 Å². The number of benzene rings is 3. The fourth-order valence-electron chi connectivity index (χ4n) is 3.25. The SMILES string of the molecule is Cc1c(COc2ccc(CC(C#N)C(=O)NN)cc2Cl)cccc1-c1ccccc1. The van der Waals surface area contributed by atoms with Crippen LogP contribution in [0.15, 0.2) is 66.7 Å². The van der Waals surface area contributed by atoms with Crippen molar-refractivity contribution in [2.45, 2.75) is 20.0 Å². The van der Waals surface area contributed by atoms with Gasteiger partial charge in [0.15, 0.2) is 0 Å². The van der Waals surface area contributed by atoms with E-state index in [0.717, 1.165) is 22.3 Å². The van der Waals surface area contributed by atoms with Gasteiger partial charge in [-0.1, -0.05) is 66.2 Å². The van der Waals surface area contributed by atoms with Crippen molar-refractivity contribution in [1.29, 1.82) is 5.26 Å². The molecule has 0 fully saturated rings. The molecule has 152 valence electrons. The van der Waals surface area contributed by atoms with Gasteiger partial charge in [-0.05, 0) is 53.3 Å². The molecule has 5 nitrogen and oxygen atoms in total. The number of amides is 1. The molecule has 1 amide bonds. The normalized spacial score (nSPS) is 11.4. The molecule has 0 aliphatic heterocycles. The number of nitrogens with one attached hydrogen (secondary N) is 1. The number of carbonyl (C=O) groups excluding carboxylic acids is 1. The van der Waals surface area contributed by atoms with Crippen molar-refractivity contribution in [2.75, 3.05) is 0 Å². The van der Waals surface area contributed by atoms with Gasteiger partial charge in [0.05, 0.1) is 11.1 Å². The molecule has 0 bridgehead atoms. The third kappa shape index (κ3) is 4.98. The first-order valence-corrected chi connectivity index (χ1v) is 9.86. The number of rotatable bonds is 7. The Kier molecular flexibility index (Phi) is 7.08. The first-order chi connectivity index (χ1) is 14.5. The summed E-state index contributed by atoms with van der Waals surface area (Å²) in [6.45, 7) is 2.46. The van der Waals surface area contributed by atoms with E-state index in [2.05, 4.69) is 25.1 Å². The first kappa shape index (κ1) is 21.4. The summed E-state index contributed by atoms with van der Waals surface area (Å²) in [5.41, 5.74) is 7.31. The predicted octanol–water partition coefficient (Wildman–Crippen LogP) is 4.57. The summed E-state index contributed by atoms with van der Waals surface area (Å²) in [7, 11) is 0. The zero-order valence-corrected chi connectivity index (χ0v) is 17.3. The Labute approximate surface area is 181 Å². The fourth-order valence-corrected chi connectivity index (χ4v) is 3.51. The van der Waals surface area contributed by atoms with Crippen LogP contribution in [-0.2, 0) is 17.8 Å². The van der Waals surface area contributed by atoms with E-state index in [-0.39, 0.29) is 6.42 Å². The number of hydrogen-bond donors (Lipinski definition) is 2. The smallest absolute Gasteiger partial charge is 0.251 e. The number of nitrogens with two attached hydrogens (primary N) is 1. The summed E-state index contributed by atoms with van der Waals surface area (Å²) in [5.74, 6) is 4.26. The lowest BCUT2D eigenvalue weighted by atomic mass is 9.97. The maximum Gasteiger partial charge on any atom is 0.251 e. The predicted molar refractivity (Wildman–Crippen MR) is 118 cm³/mol. The summed E-state index contributed by atoms with van der Waals surface area (Å²) in [5, 5.41) is 9.55. The molecule has 0 radical (unpaired) electrons. The van der Waals surface area contributed by atoms with E-state index < -0.39 is 11.8 Å². The topological polar surface area (TPSA) is 88.1 Å². The molecular weight excluding hydrogens is 398 g/mol. The lowest BCUT2D eigenvalue weighted by molar-refractivity contribution is -0.123. The van der Waals surface area contributed by atoms with E-state index in [0.29, 0.717) is 17.4 Å². The van der Waals surface area contributed by atoms with Crippen LogP contribution >= 0.6 is 11.6 Å². The zero-order valence-electron chi connectivity index (χ0n) is 16.6. The second kappa shape index (κ2) is 9.93. The average Bonchev–Trinajstić information content (AvgIpc) is 2.77. The highest BCUT2D eigenvalue weighted by Gasteiger charge is 2.18. The quantitative estimate of drug-likeness (QED) is 0.333. The van der Waals surface area contributed by atoms with Crippen molar-refractivity contribution in [3.05, 3.63) is 88.4 Å². The number of ether oxygens (including phenoxy) is 1. The molecule has 0 saturated heterocycles. The third-order valence-corrected chi connectivity index (χ3v) is 5.26. The number of hydrazine groups is 1. The van der Waals surface area contributed by atoms with Crippen LogP contribution in [0.5, 0.6) is 5.75 Å². The Balaban J connectivity index is 1.72. The minimum Gasteiger partial charge on any atom is -0.487 e. The summed E-state index contributed by atoms with van der Waals surface area (Å²) in [4.78, 5) is 11.6. The molecule has 0 saturated carbocycles. The van der Waals surface area contributed by atoms with Crippen LogP contribution in [-0.4, -0.2) is 5.91 Å². The lowest BCUT2D eigenvalue weighted by Crippen LogP contribution is -2.36. The molecule has 3 aromatic rings. The highest BCUT2D eigenvalue weighted by atomic mass is 35.5. The number of nitriles is 1. The van der Waals surface area contributed by atoms with Crippen molar-refractivity contribution >= 4 is 17.5 Å². The van der Waals surface area contributed by atoms with Crippen LogP contribution in [0.4, 0.5) is 0 Å². The van der Waals surface area contributed by atoms with Crippen LogP contribution in [0.2, 0.25) is 5.02 Å². The standard InChI is InChI=1S/C24H22ClN3O2/c1-16-19(8-5-9-21(16)18-6-3-2-4-7-18)15-30-23-11-10-17(13-22(23)25)12-20(14-26)24(29)28-27/h2-11,13,20H,12,15,27H2,1H3,(H,28,29). The molecule has 3 N–H and O–H groups in total. The molecule has 3 aromatic carbocycles. The molecular formula is C24H22ClN3O2. The average molecular weight is 420 g/mol. The number of hydrogen-bond acceptors (Lipinski definition) is 4. The minimum atomic E-state index is -0.874. The zero-order chi connectivity index (χ0) is 21.5. The van der Waals surface area contributed by atoms with Gasteiger partial charge in [-0.15, -0.1) is 0 Å². The highest BCUT2D eigenvalue weighted by molar-refractivity contribution is 6.32. The Morgan fingerprint density at radius 2 is 1.93 bits per heavy atom. The number of nitrogens with zero attached hydrogens (tertiary/aromatic N) is 1. The highest BCUT2D eigenvalue weighted by Crippen LogP contribution is 2.29. The van der Waals surface area contributed by atoms with E-state index in [4.69, 9.17) is 27.4 Å². The molecule has 0 heterocycles. The minimum absolute atomic E-state index is 0.220. The second-order valence-corrected chi connectivity index (χ2v) is 7.31. The fraction of sp³-hybridized carbons (Fsp3) is 0.167. The van der Waals surface area contributed by atoms with E-state index >= 15 is 0 Å². The molecule has 0 aliphatic rings. The molecule has 6 heteroatoms. The molecule has 1 atom stereocenters. The van der Waals surface area contributed by atoms with Crippen LogP contribution in [0.25, 0.3) is 11.1 Å². The second-order valence-electron chi connectivity index (χ2n) is 6.90. The van der Waals surface area contributed by atoms with Crippen molar-refractivity contribution in [2.24, 2.45) is 11.8 Å².